The maximum absolute atomic E-state index is 4.25. The van der Waals surface area contributed by atoms with Crippen molar-refractivity contribution in [3.05, 3.63) is 18.6 Å². The van der Waals surface area contributed by atoms with Gasteiger partial charge in [-0.1, -0.05) is 0 Å². The third kappa shape index (κ3) is 2.14. The van der Waals surface area contributed by atoms with E-state index in [0.29, 0.717) is 0 Å². The standard InChI is InChI=1S/C8H11N5/c1-2-11-8(12-3-1)13-7-6-9-4-5-10-7/h4-6H,1-3H2,(H2,10,11,12,13). The van der Waals surface area contributed by atoms with E-state index >= 15 is 0 Å². The maximum Gasteiger partial charge on any atom is 0.197 e. The van der Waals surface area contributed by atoms with E-state index in [9.17, 15) is 0 Å². The van der Waals surface area contributed by atoms with Crippen LogP contribution in [0.1, 0.15) is 6.42 Å². The zero-order valence-electron chi connectivity index (χ0n) is 7.20. The third-order valence-corrected chi connectivity index (χ3v) is 1.71. The minimum atomic E-state index is 0.718. The van der Waals surface area contributed by atoms with Gasteiger partial charge in [-0.05, 0) is 6.42 Å². The molecule has 0 atom stereocenters. The van der Waals surface area contributed by atoms with E-state index in [1.165, 1.54) is 0 Å². The van der Waals surface area contributed by atoms with Gasteiger partial charge in [-0.2, -0.15) is 0 Å². The van der Waals surface area contributed by atoms with Crippen molar-refractivity contribution in [2.24, 2.45) is 4.99 Å². The van der Waals surface area contributed by atoms with E-state index in [2.05, 4.69) is 25.6 Å². The Bertz CT molecular complexity index is 295. The molecule has 2 rings (SSSR count). The molecule has 0 spiro atoms. The van der Waals surface area contributed by atoms with Crippen molar-refractivity contribution in [2.45, 2.75) is 6.42 Å². The zero-order valence-corrected chi connectivity index (χ0v) is 7.20. The van der Waals surface area contributed by atoms with Crippen molar-refractivity contribution in [1.29, 1.82) is 0 Å². The minimum Gasteiger partial charge on any atom is -0.356 e. The predicted molar refractivity (Wildman–Crippen MR) is 50.6 cm³/mol. The molecule has 2 heterocycles. The Morgan fingerprint density at radius 2 is 2.38 bits per heavy atom. The zero-order chi connectivity index (χ0) is 8.93. The number of aliphatic imine (C=N–C) groups is 1. The first-order chi connectivity index (χ1) is 6.45. The monoisotopic (exact) mass is 177 g/mol. The summed E-state index contributed by atoms with van der Waals surface area (Å²) in [4.78, 5) is 12.3. The quantitative estimate of drug-likeness (QED) is 0.645. The first-order valence-electron chi connectivity index (χ1n) is 4.26. The van der Waals surface area contributed by atoms with E-state index in [1.807, 2.05) is 0 Å². The Morgan fingerprint density at radius 1 is 1.38 bits per heavy atom. The van der Waals surface area contributed by atoms with Gasteiger partial charge in [0, 0.05) is 25.5 Å². The lowest BCUT2D eigenvalue weighted by atomic mass is 10.4. The molecule has 0 unspecified atom stereocenters. The van der Waals surface area contributed by atoms with Gasteiger partial charge in [0.2, 0.25) is 0 Å². The molecule has 0 aliphatic carbocycles. The lowest BCUT2D eigenvalue weighted by molar-refractivity contribution is 0.740. The van der Waals surface area contributed by atoms with Crippen molar-refractivity contribution in [2.75, 3.05) is 18.4 Å². The SMILES string of the molecule is c1cnc(NC2=NCCCN2)cn1. The average molecular weight is 177 g/mol. The topological polar surface area (TPSA) is 62.2 Å². The Kier molecular flexibility index (Phi) is 2.35. The second-order valence-corrected chi connectivity index (χ2v) is 2.73. The van der Waals surface area contributed by atoms with Crippen molar-refractivity contribution < 1.29 is 0 Å². The van der Waals surface area contributed by atoms with Gasteiger partial charge in [0.15, 0.2) is 11.8 Å². The van der Waals surface area contributed by atoms with Crippen LogP contribution in [-0.2, 0) is 0 Å². The molecule has 5 nitrogen and oxygen atoms in total. The number of hydrogen-bond acceptors (Lipinski definition) is 5. The molecule has 2 N–H and O–H groups in total. The smallest absolute Gasteiger partial charge is 0.197 e. The summed E-state index contributed by atoms with van der Waals surface area (Å²) in [6.07, 6.45) is 6.04. The van der Waals surface area contributed by atoms with Gasteiger partial charge in [0.1, 0.15) is 0 Å². The van der Waals surface area contributed by atoms with Crippen molar-refractivity contribution in [3.63, 3.8) is 0 Å². The molecule has 1 aromatic heterocycles. The number of rotatable bonds is 1. The van der Waals surface area contributed by atoms with E-state index in [1.54, 1.807) is 18.6 Å². The summed E-state index contributed by atoms with van der Waals surface area (Å²) in [5.74, 6) is 1.50. The van der Waals surface area contributed by atoms with Crippen LogP contribution in [0.2, 0.25) is 0 Å². The summed E-state index contributed by atoms with van der Waals surface area (Å²) in [5.41, 5.74) is 0. The number of anilines is 1. The molecular weight excluding hydrogens is 166 g/mol. The molecule has 68 valence electrons. The normalized spacial score (nSPS) is 15.8. The fourth-order valence-electron chi connectivity index (χ4n) is 1.10. The molecule has 0 saturated carbocycles. The van der Waals surface area contributed by atoms with Crippen molar-refractivity contribution >= 4 is 11.8 Å². The molecule has 1 aromatic rings. The fourth-order valence-corrected chi connectivity index (χ4v) is 1.10. The van der Waals surface area contributed by atoms with Crippen LogP contribution < -0.4 is 10.6 Å². The number of guanidine groups is 1. The lowest BCUT2D eigenvalue weighted by Gasteiger charge is -2.14. The molecule has 0 bridgehead atoms. The Hall–Kier alpha value is -1.65. The van der Waals surface area contributed by atoms with E-state index in [-0.39, 0.29) is 0 Å². The molecule has 0 aromatic carbocycles. The van der Waals surface area contributed by atoms with Crippen LogP contribution in [0.5, 0.6) is 0 Å². The highest BCUT2D eigenvalue weighted by Gasteiger charge is 2.03. The number of nitrogens with zero attached hydrogens (tertiary/aromatic N) is 3. The van der Waals surface area contributed by atoms with Crippen LogP contribution in [0.15, 0.2) is 23.6 Å². The van der Waals surface area contributed by atoms with E-state index in [0.717, 1.165) is 31.3 Å². The van der Waals surface area contributed by atoms with Crippen LogP contribution >= 0.6 is 0 Å². The Labute approximate surface area is 76.3 Å². The fraction of sp³-hybridized carbons (Fsp3) is 0.375. The average Bonchev–Trinajstić information content (AvgIpc) is 2.21. The van der Waals surface area contributed by atoms with Gasteiger partial charge in [-0.15, -0.1) is 0 Å². The van der Waals surface area contributed by atoms with Crippen LogP contribution in [0.3, 0.4) is 0 Å². The molecule has 0 radical (unpaired) electrons. The Balaban J connectivity index is 2.01. The number of hydrogen-bond donors (Lipinski definition) is 2. The van der Waals surface area contributed by atoms with Crippen LogP contribution in [0.4, 0.5) is 5.82 Å². The lowest BCUT2D eigenvalue weighted by Crippen LogP contribution is -2.35. The molecule has 0 amide bonds. The third-order valence-electron chi connectivity index (χ3n) is 1.71. The van der Waals surface area contributed by atoms with Gasteiger partial charge < -0.3 is 10.6 Å². The number of aromatic nitrogens is 2. The highest BCUT2D eigenvalue weighted by atomic mass is 15.2. The minimum absolute atomic E-state index is 0.718. The first kappa shape index (κ1) is 7.97. The summed E-state index contributed by atoms with van der Waals surface area (Å²) < 4.78 is 0. The molecule has 0 fully saturated rings. The van der Waals surface area contributed by atoms with Crippen LogP contribution in [0, 0.1) is 0 Å². The molecule has 5 heteroatoms. The van der Waals surface area contributed by atoms with Gasteiger partial charge in [0.05, 0.1) is 6.20 Å². The summed E-state index contributed by atoms with van der Waals surface area (Å²) in [6, 6.07) is 0. The molecule has 1 aliphatic heterocycles. The summed E-state index contributed by atoms with van der Waals surface area (Å²) in [6.45, 7) is 1.84. The first-order valence-corrected chi connectivity index (χ1v) is 4.26. The predicted octanol–water partition coefficient (Wildman–Crippen LogP) is 0.238. The highest BCUT2D eigenvalue weighted by Crippen LogP contribution is 1.98. The van der Waals surface area contributed by atoms with Crippen molar-refractivity contribution in [1.82, 2.24) is 15.3 Å². The van der Waals surface area contributed by atoms with Gasteiger partial charge in [0.25, 0.3) is 0 Å². The second-order valence-electron chi connectivity index (χ2n) is 2.73. The van der Waals surface area contributed by atoms with E-state index in [4.69, 9.17) is 0 Å². The second kappa shape index (κ2) is 3.84. The summed E-state index contributed by atoms with van der Waals surface area (Å²) in [7, 11) is 0. The van der Waals surface area contributed by atoms with Crippen molar-refractivity contribution in [3.8, 4) is 0 Å². The molecule has 1 aliphatic rings. The van der Waals surface area contributed by atoms with Gasteiger partial charge in [-0.25, -0.2) is 4.98 Å². The molecule has 13 heavy (non-hydrogen) atoms. The Morgan fingerprint density at radius 3 is 3.08 bits per heavy atom. The maximum atomic E-state index is 4.25. The summed E-state index contributed by atoms with van der Waals surface area (Å²) in [5, 5.41) is 6.18. The van der Waals surface area contributed by atoms with Gasteiger partial charge >= 0.3 is 0 Å². The van der Waals surface area contributed by atoms with Gasteiger partial charge in [-0.3, -0.25) is 9.98 Å². The summed E-state index contributed by atoms with van der Waals surface area (Å²) >= 11 is 0. The van der Waals surface area contributed by atoms with E-state index < -0.39 is 0 Å². The molecular formula is C8H11N5. The number of nitrogens with one attached hydrogen (secondary N) is 2. The van der Waals surface area contributed by atoms with Crippen LogP contribution in [-0.4, -0.2) is 29.0 Å². The van der Waals surface area contributed by atoms with Crippen LogP contribution in [0.25, 0.3) is 0 Å². The molecule has 0 saturated heterocycles. The largest absolute Gasteiger partial charge is 0.356 e. The highest BCUT2D eigenvalue weighted by molar-refractivity contribution is 5.92.